The lowest BCUT2D eigenvalue weighted by atomic mass is 9.95. The van der Waals surface area contributed by atoms with Gasteiger partial charge in [0.2, 0.25) is 0 Å². The van der Waals surface area contributed by atoms with Crippen LogP contribution in [0, 0.1) is 6.92 Å². The van der Waals surface area contributed by atoms with E-state index in [4.69, 9.17) is 16.7 Å². The first-order chi connectivity index (χ1) is 9.20. The number of aromatic carboxylic acids is 1. The second kappa shape index (κ2) is 4.90. The normalized spacial score (nSPS) is 11.7. The smallest absolute Gasteiger partial charge is 0.375 e. The number of carboxylic acids is 1. The number of carboxylic acid groups (broad SMARTS) is 1. The van der Waals surface area contributed by atoms with Crippen LogP contribution in [0.15, 0.2) is 18.2 Å². The minimum absolute atomic E-state index is 0.204. The molecule has 0 amide bonds. The number of carbonyl (C=O) groups is 1. The minimum Gasteiger partial charge on any atom is -0.475 e. The summed E-state index contributed by atoms with van der Waals surface area (Å²) in [4.78, 5) is 15.2. The third-order valence-corrected chi connectivity index (χ3v) is 3.09. The van der Waals surface area contributed by atoms with Crippen molar-refractivity contribution in [1.29, 1.82) is 0 Å². The standard InChI is InChI=1S/C14H16ClN3O2/c1-8-7-9(15)5-6-10(8)18-13(14(2,3)4)16-11(17-18)12(19)20/h5-7H,1-4H3,(H,19,20). The summed E-state index contributed by atoms with van der Waals surface area (Å²) in [6.45, 7) is 7.79. The molecule has 0 bridgehead atoms. The SMILES string of the molecule is Cc1cc(Cl)ccc1-n1nc(C(=O)O)nc1C(C)(C)C. The molecule has 0 unspecified atom stereocenters. The van der Waals surface area contributed by atoms with Crippen LogP contribution < -0.4 is 0 Å². The molecular weight excluding hydrogens is 278 g/mol. The lowest BCUT2D eigenvalue weighted by Gasteiger charge is -2.19. The zero-order valence-corrected chi connectivity index (χ0v) is 12.6. The molecule has 5 nitrogen and oxygen atoms in total. The molecule has 1 heterocycles. The van der Waals surface area contributed by atoms with Crippen molar-refractivity contribution >= 4 is 17.6 Å². The summed E-state index contributed by atoms with van der Waals surface area (Å²) < 4.78 is 1.58. The summed E-state index contributed by atoms with van der Waals surface area (Å²) in [6, 6.07) is 5.37. The van der Waals surface area contributed by atoms with Gasteiger partial charge in [-0.15, -0.1) is 5.10 Å². The fourth-order valence-corrected chi connectivity index (χ4v) is 2.14. The summed E-state index contributed by atoms with van der Waals surface area (Å²) in [5.74, 6) is -0.745. The van der Waals surface area contributed by atoms with E-state index < -0.39 is 5.97 Å². The van der Waals surface area contributed by atoms with Gasteiger partial charge >= 0.3 is 5.97 Å². The zero-order valence-electron chi connectivity index (χ0n) is 11.8. The van der Waals surface area contributed by atoms with Crippen LogP contribution in [-0.4, -0.2) is 25.8 Å². The molecule has 0 aliphatic carbocycles. The molecule has 0 saturated carbocycles. The molecular formula is C14H16ClN3O2. The van der Waals surface area contributed by atoms with Crippen molar-refractivity contribution in [2.75, 3.05) is 0 Å². The number of nitrogens with zero attached hydrogens (tertiary/aromatic N) is 3. The highest BCUT2D eigenvalue weighted by Crippen LogP contribution is 2.26. The molecule has 106 valence electrons. The zero-order chi connectivity index (χ0) is 15.1. The topological polar surface area (TPSA) is 68.0 Å². The molecule has 2 rings (SSSR count). The predicted octanol–water partition coefficient (Wildman–Crippen LogP) is 3.22. The van der Waals surface area contributed by atoms with Gasteiger partial charge < -0.3 is 5.11 Å². The maximum absolute atomic E-state index is 11.1. The Morgan fingerprint density at radius 3 is 2.50 bits per heavy atom. The van der Waals surface area contributed by atoms with E-state index >= 15 is 0 Å². The Hall–Kier alpha value is -1.88. The molecule has 0 atom stereocenters. The Morgan fingerprint density at radius 2 is 2.00 bits per heavy atom. The van der Waals surface area contributed by atoms with Crippen LogP contribution in [0.2, 0.25) is 5.02 Å². The Bertz CT molecular complexity index is 672. The molecule has 0 spiro atoms. The molecule has 2 aromatic rings. The number of rotatable bonds is 2. The van der Waals surface area contributed by atoms with Gasteiger partial charge in [0.25, 0.3) is 5.82 Å². The van der Waals surface area contributed by atoms with Gasteiger partial charge in [0, 0.05) is 10.4 Å². The van der Waals surface area contributed by atoms with E-state index in [1.807, 2.05) is 39.8 Å². The number of hydrogen-bond acceptors (Lipinski definition) is 3. The van der Waals surface area contributed by atoms with Crippen LogP contribution in [0.3, 0.4) is 0 Å². The number of aromatic nitrogens is 3. The molecule has 1 aromatic heterocycles. The predicted molar refractivity (Wildman–Crippen MR) is 76.8 cm³/mol. The third-order valence-electron chi connectivity index (χ3n) is 2.86. The number of aryl methyl sites for hydroxylation is 1. The molecule has 20 heavy (non-hydrogen) atoms. The summed E-state index contributed by atoms with van der Waals surface area (Å²) in [6.07, 6.45) is 0. The van der Waals surface area contributed by atoms with Gasteiger partial charge in [0.05, 0.1) is 5.69 Å². The van der Waals surface area contributed by atoms with Crippen molar-refractivity contribution in [2.45, 2.75) is 33.1 Å². The van der Waals surface area contributed by atoms with Gasteiger partial charge in [-0.1, -0.05) is 32.4 Å². The van der Waals surface area contributed by atoms with Gasteiger partial charge in [0.1, 0.15) is 5.82 Å². The molecule has 0 aliphatic rings. The highest BCUT2D eigenvalue weighted by molar-refractivity contribution is 6.30. The largest absolute Gasteiger partial charge is 0.475 e. The van der Waals surface area contributed by atoms with E-state index in [-0.39, 0.29) is 11.2 Å². The molecule has 0 saturated heterocycles. The van der Waals surface area contributed by atoms with Crippen molar-refractivity contribution in [3.8, 4) is 5.69 Å². The maximum atomic E-state index is 11.1. The summed E-state index contributed by atoms with van der Waals surface area (Å²) in [7, 11) is 0. The Morgan fingerprint density at radius 1 is 1.35 bits per heavy atom. The lowest BCUT2D eigenvalue weighted by Crippen LogP contribution is -2.19. The van der Waals surface area contributed by atoms with E-state index in [9.17, 15) is 4.79 Å². The van der Waals surface area contributed by atoms with Crippen molar-refractivity contribution in [2.24, 2.45) is 0 Å². The lowest BCUT2D eigenvalue weighted by molar-refractivity contribution is 0.0683. The average Bonchev–Trinajstić information content (AvgIpc) is 2.73. The summed E-state index contributed by atoms with van der Waals surface area (Å²) in [5.41, 5.74) is 1.36. The van der Waals surface area contributed by atoms with Crippen molar-refractivity contribution in [3.63, 3.8) is 0 Å². The number of halogens is 1. The number of hydrogen-bond donors (Lipinski definition) is 1. The Kier molecular flexibility index (Phi) is 3.56. The highest BCUT2D eigenvalue weighted by atomic mass is 35.5. The Balaban J connectivity index is 2.69. The van der Waals surface area contributed by atoms with E-state index in [0.29, 0.717) is 10.8 Å². The van der Waals surface area contributed by atoms with E-state index in [2.05, 4.69) is 10.1 Å². The average molecular weight is 294 g/mol. The molecule has 0 fully saturated rings. The van der Waals surface area contributed by atoms with E-state index in [1.165, 1.54) is 0 Å². The third kappa shape index (κ3) is 2.67. The first-order valence-electron chi connectivity index (χ1n) is 6.17. The first kappa shape index (κ1) is 14.5. The van der Waals surface area contributed by atoms with Gasteiger partial charge in [-0.25, -0.2) is 14.5 Å². The van der Waals surface area contributed by atoms with Gasteiger partial charge in [0.15, 0.2) is 0 Å². The second-order valence-corrected chi connectivity index (χ2v) is 6.09. The van der Waals surface area contributed by atoms with E-state index in [1.54, 1.807) is 10.7 Å². The van der Waals surface area contributed by atoms with Crippen LogP contribution in [0.1, 0.15) is 42.8 Å². The molecule has 0 radical (unpaired) electrons. The summed E-state index contributed by atoms with van der Waals surface area (Å²) >= 11 is 5.95. The monoisotopic (exact) mass is 293 g/mol. The van der Waals surface area contributed by atoms with Crippen LogP contribution in [0.25, 0.3) is 5.69 Å². The molecule has 6 heteroatoms. The Labute approximate surface area is 122 Å². The quantitative estimate of drug-likeness (QED) is 0.923. The van der Waals surface area contributed by atoms with Gasteiger partial charge in [-0.2, -0.15) is 0 Å². The fourth-order valence-electron chi connectivity index (χ4n) is 1.91. The fraction of sp³-hybridized carbons (Fsp3) is 0.357. The van der Waals surface area contributed by atoms with Crippen molar-refractivity contribution in [3.05, 3.63) is 40.4 Å². The van der Waals surface area contributed by atoms with Crippen molar-refractivity contribution < 1.29 is 9.90 Å². The first-order valence-corrected chi connectivity index (χ1v) is 6.55. The van der Waals surface area contributed by atoms with Gasteiger partial charge in [-0.3, -0.25) is 0 Å². The van der Waals surface area contributed by atoms with Crippen LogP contribution >= 0.6 is 11.6 Å². The minimum atomic E-state index is -1.14. The van der Waals surface area contributed by atoms with Crippen LogP contribution in [-0.2, 0) is 5.41 Å². The van der Waals surface area contributed by atoms with E-state index in [0.717, 1.165) is 11.3 Å². The molecule has 1 N–H and O–H groups in total. The van der Waals surface area contributed by atoms with Gasteiger partial charge in [-0.05, 0) is 30.7 Å². The second-order valence-electron chi connectivity index (χ2n) is 5.66. The number of benzene rings is 1. The van der Waals surface area contributed by atoms with Crippen molar-refractivity contribution in [1.82, 2.24) is 14.8 Å². The maximum Gasteiger partial charge on any atom is 0.375 e. The van der Waals surface area contributed by atoms with Crippen LogP contribution in [0.4, 0.5) is 0 Å². The molecule has 1 aromatic carbocycles. The summed E-state index contributed by atoms with van der Waals surface area (Å²) in [5, 5.41) is 13.8. The highest BCUT2D eigenvalue weighted by Gasteiger charge is 2.26. The van der Waals surface area contributed by atoms with Crippen LogP contribution in [0.5, 0.6) is 0 Å². The molecule has 0 aliphatic heterocycles.